The highest BCUT2D eigenvalue weighted by Gasteiger charge is 2.24. The molecule has 0 saturated heterocycles. The molecule has 2 N–H and O–H groups in total. The number of rotatable bonds is 5. The molecular weight excluding hydrogens is 212 g/mol. The quantitative estimate of drug-likeness (QED) is 0.811. The van der Waals surface area contributed by atoms with Gasteiger partial charge in [-0.05, 0) is 24.3 Å². The minimum absolute atomic E-state index is 0.0772. The predicted molar refractivity (Wildman–Crippen MR) is 68.5 cm³/mol. The van der Waals surface area contributed by atoms with Gasteiger partial charge in [-0.1, -0.05) is 37.3 Å². The first-order valence-corrected chi connectivity index (χ1v) is 6.28. The molecule has 1 amide bonds. The molecule has 1 aliphatic rings. The average Bonchev–Trinajstić information content (AvgIpc) is 2.32. The molecule has 3 nitrogen and oxygen atoms in total. The fraction of sp³-hybridized carbons (Fsp3) is 0.500. The van der Waals surface area contributed by atoms with Crippen LogP contribution in [0, 0.1) is 5.92 Å². The highest BCUT2D eigenvalue weighted by Crippen LogP contribution is 2.25. The summed E-state index contributed by atoms with van der Waals surface area (Å²) in [5, 5.41) is 6.19. The Morgan fingerprint density at radius 3 is 2.65 bits per heavy atom. The molecule has 3 heteroatoms. The Morgan fingerprint density at radius 2 is 2.00 bits per heavy atom. The van der Waals surface area contributed by atoms with Gasteiger partial charge >= 0.3 is 0 Å². The van der Waals surface area contributed by atoms with Crippen LogP contribution in [0.15, 0.2) is 30.3 Å². The average molecular weight is 232 g/mol. The SMILES string of the molecule is CC1CC(NCC(=O)NCc2ccccc2)C1. The van der Waals surface area contributed by atoms with Crippen LogP contribution < -0.4 is 10.6 Å². The lowest BCUT2D eigenvalue weighted by Crippen LogP contribution is -2.44. The van der Waals surface area contributed by atoms with Crippen LogP contribution in [-0.2, 0) is 11.3 Å². The number of amides is 1. The number of carbonyl (C=O) groups is 1. The lowest BCUT2D eigenvalue weighted by molar-refractivity contribution is -0.120. The fourth-order valence-electron chi connectivity index (χ4n) is 2.17. The van der Waals surface area contributed by atoms with E-state index >= 15 is 0 Å². The molecule has 1 aliphatic carbocycles. The smallest absolute Gasteiger partial charge is 0.234 e. The topological polar surface area (TPSA) is 41.1 Å². The molecule has 0 bridgehead atoms. The Labute approximate surface area is 103 Å². The Kier molecular flexibility index (Phi) is 4.15. The highest BCUT2D eigenvalue weighted by atomic mass is 16.1. The molecule has 1 aromatic rings. The van der Waals surface area contributed by atoms with E-state index in [1.165, 1.54) is 12.8 Å². The summed E-state index contributed by atoms with van der Waals surface area (Å²) >= 11 is 0. The van der Waals surface area contributed by atoms with Crippen molar-refractivity contribution in [1.29, 1.82) is 0 Å². The van der Waals surface area contributed by atoms with E-state index in [4.69, 9.17) is 0 Å². The maximum Gasteiger partial charge on any atom is 0.234 e. The number of nitrogens with one attached hydrogen (secondary N) is 2. The molecular formula is C14H20N2O. The molecule has 0 radical (unpaired) electrons. The van der Waals surface area contributed by atoms with Gasteiger partial charge in [0, 0.05) is 12.6 Å². The molecule has 1 saturated carbocycles. The minimum atomic E-state index is 0.0772. The van der Waals surface area contributed by atoms with Gasteiger partial charge in [-0.25, -0.2) is 0 Å². The molecule has 0 spiro atoms. The van der Waals surface area contributed by atoms with Gasteiger partial charge in [-0.2, -0.15) is 0 Å². The molecule has 0 aromatic heterocycles. The van der Waals surface area contributed by atoms with E-state index in [-0.39, 0.29) is 5.91 Å². The lowest BCUT2D eigenvalue weighted by atomic mass is 9.82. The van der Waals surface area contributed by atoms with E-state index in [0.29, 0.717) is 19.1 Å². The molecule has 17 heavy (non-hydrogen) atoms. The van der Waals surface area contributed by atoms with E-state index in [2.05, 4.69) is 17.6 Å². The summed E-state index contributed by atoms with van der Waals surface area (Å²) in [5.41, 5.74) is 1.14. The lowest BCUT2D eigenvalue weighted by Gasteiger charge is -2.33. The van der Waals surface area contributed by atoms with Crippen LogP contribution in [0.3, 0.4) is 0 Å². The fourth-order valence-corrected chi connectivity index (χ4v) is 2.17. The van der Waals surface area contributed by atoms with Crippen molar-refractivity contribution in [2.24, 2.45) is 5.92 Å². The Hall–Kier alpha value is -1.35. The zero-order chi connectivity index (χ0) is 12.1. The zero-order valence-electron chi connectivity index (χ0n) is 10.3. The standard InChI is InChI=1S/C14H20N2O/c1-11-7-13(8-11)15-10-14(17)16-9-12-5-3-2-4-6-12/h2-6,11,13,15H,7-10H2,1H3,(H,16,17). The minimum Gasteiger partial charge on any atom is -0.351 e. The molecule has 0 atom stereocenters. The van der Waals surface area contributed by atoms with Crippen LogP contribution in [-0.4, -0.2) is 18.5 Å². The summed E-state index contributed by atoms with van der Waals surface area (Å²) in [6, 6.07) is 10.5. The van der Waals surface area contributed by atoms with Crippen LogP contribution in [0.1, 0.15) is 25.3 Å². The van der Waals surface area contributed by atoms with Gasteiger partial charge in [-0.15, -0.1) is 0 Å². The summed E-state index contributed by atoms with van der Waals surface area (Å²) in [6.45, 7) is 3.29. The molecule has 1 fully saturated rings. The van der Waals surface area contributed by atoms with Gasteiger partial charge in [-0.3, -0.25) is 4.79 Å². The van der Waals surface area contributed by atoms with E-state index in [1.807, 2.05) is 30.3 Å². The third-order valence-corrected chi connectivity index (χ3v) is 3.26. The van der Waals surface area contributed by atoms with Crippen LogP contribution in [0.5, 0.6) is 0 Å². The van der Waals surface area contributed by atoms with Gasteiger partial charge in [0.2, 0.25) is 5.91 Å². The third kappa shape index (κ3) is 3.86. The monoisotopic (exact) mass is 232 g/mol. The zero-order valence-corrected chi connectivity index (χ0v) is 10.3. The first-order valence-electron chi connectivity index (χ1n) is 6.28. The van der Waals surface area contributed by atoms with Crippen LogP contribution in [0.2, 0.25) is 0 Å². The van der Waals surface area contributed by atoms with E-state index in [1.54, 1.807) is 0 Å². The van der Waals surface area contributed by atoms with Crippen LogP contribution in [0.25, 0.3) is 0 Å². The summed E-state index contributed by atoms with van der Waals surface area (Å²) in [7, 11) is 0. The normalized spacial score (nSPS) is 22.9. The highest BCUT2D eigenvalue weighted by molar-refractivity contribution is 5.78. The second-order valence-corrected chi connectivity index (χ2v) is 4.92. The first-order chi connectivity index (χ1) is 8.24. The second-order valence-electron chi connectivity index (χ2n) is 4.92. The number of hydrogen-bond donors (Lipinski definition) is 2. The maximum atomic E-state index is 11.6. The summed E-state index contributed by atoms with van der Waals surface area (Å²) < 4.78 is 0. The van der Waals surface area contributed by atoms with Crippen LogP contribution in [0.4, 0.5) is 0 Å². The Morgan fingerprint density at radius 1 is 1.29 bits per heavy atom. The van der Waals surface area contributed by atoms with E-state index in [0.717, 1.165) is 11.5 Å². The predicted octanol–water partition coefficient (Wildman–Crippen LogP) is 1.69. The number of carbonyl (C=O) groups excluding carboxylic acids is 1. The van der Waals surface area contributed by atoms with Gasteiger partial charge in [0.1, 0.15) is 0 Å². The molecule has 0 heterocycles. The van der Waals surface area contributed by atoms with Crippen molar-refractivity contribution in [3.05, 3.63) is 35.9 Å². The van der Waals surface area contributed by atoms with Crippen molar-refractivity contribution in [3.8, 4) is 0 Å². The molecule has 92 valence electrons. The van der Waals surface area contributed by atoms with Crippen molar-refractivity contribution in [2.75, 3.05) is 6.54 Å². The van der Waals surface area contributed by atoms with Gasteiger partial charge in [0.25, 0.3) is 0 Å². The summed E-state index contributed by atoms with van der Waals surface area (Å²) in [6.07, 6.45) is 2.40. The Balaban J connectivity index is 1.61. The van der Waals surface area contributed by atoms with Gasteiger partial charge in [0.15, 0.2) is 0 Å². The third-order valence-electron chi connectivity index (χ3n) is 3.26. The van der Waals surface area contributed by atoms with E-state index in [9.17, 15) is 4.79 Å². The summed E-state index contributed by atoms with van der Waals surface area (Å²) in [5.74, 6) is 0.897. The second kappa shape index (κ2) is 5.82. The van der Waals surface area contributed by atoms with Crippen molar-refractivity contribution in [3.63, 3.8) is 0 Å². The summed E-state index contributed by atoms with van der Waals surface area (Å²) in [4.78, 5) is 11.6. The van der Waals surface area contributed by atoms with Crippen molar-refractivity contribution in [1.82, 2.24) is 10.6 Å². The largest absolute Gasteiger partial charge is 0.351 e. The van der Waals surface area contributed by atoms with Crippen LogP contribution >= 0.6 is 0 Å². The molecule has 0 unspecified atom stereocenters. The van der Waals surface area contributed by atoms with Crippen molar-refractivity contribution >= 4 is 5.91 Å². The first kappa shape index (κ1) is 12.1. The molecule has 1 aromatic carbocycles. The van der Waals surface area contributed by atoms with Crippen molar-refractivity contribution < 1.29 is 4.79 Å². The molecule has 2 rings (SSSR count). The van der Waals surface area contributed by atoms with E-state index < -0.39 is 0 Å². The maximum absolute atomic E-state index is 11.6. The number of hydrogen-bond acceptors (Lipinski definition) is 2. The van der Waals surface area contributed by atoms with Gasteiger partial charge < -0.3 is 10.6 Å². The van der Waals surface area contributed by atoms with Crippen molar-refractivity contribution in [2.45, 2.75) is 32.4 Å². The Bertz CT molecular complexity index is 358. The number of benzene rings is 1. The molecule has 0 aliphatic heterocycles. The van der Waals surface area contributed by atoms with Gasteiger partial charge in [0.05, 0.1) is 6.54 Å².